The van der Waals surface area contributed by atoms with Crippen molar-refractivity contribution in [2.75, 3.05) is 13.7 Å². The number of methoxy groups -OCH3 is 1. The zero-order chi connectivity index (χ0) is 13.0. The molecule has 1 aliphatic heterocycles. The van der Waals surface area contributed by atoms with Gasteiger partial charge in [0.1, 0.15) is 12.4 Å². The van der Waals surface area contributed by atoms with Gasteiger partial charge in [0, 0.05) is 0 Å². The minimum Gasteiger partial charge on any atom is -0.465 e. The lowest BCUT2D eigenvalue weighted by Crippen LogP contribution is -2.47. The molecular weight excluding hydrogens is 238 g/mol. The Morgan fingerprint density at radius 2 is 2.11 bits per heavy atom. The van der Waals surface area contributed by atoms with E-state index in [4.69, 9.17) is 4.84 Å². The van der Waals surface area contributed by atoms with Gasteiger partial charge in [0.15, 0.2) is 0 Å². The Balaban J connectivity index is 2.12. The van der Waals surface area contributed by atoms with Crippen molar-refractivity contribution < 1.29 is 19.2 Å². The summed E-state index contributed by atoms with van der Waals surface area (Å²) in [6.07, 6.45) is 0. The highest BCUT2D eigenvalue weighted by molar-refractivity contribution is 6.00. The SMILES string of the molecule is COC(=O)c1ccc(N=C2CONC(=O)N2)cc1. The summed E-state index contributed by atoms with van der Waals surface area (Å²) >= 11 is 0. The molecule has 1 saturated heterocycles. The zero-order valence-corrected chi connectivity index (χ0v) is 9.60. The first-order chi connectivity index (χ1) is 8.69. The van der Waals surface area contributed by atoms with Crippen LogP contribution in [0.2, 0.25) is 0 Å². The first kappa shape index (κ1) is 12.1. The third-order valence-corrected chi connectivity index (χ3v) is 2.18. The summed E-state index contributed by atoms with van der Waals surface area (Å²) in [6.45, 7) is 0.157. The summed E-state index contributed by atoms with van der Waals surface area (Å²) in [5.41, 5.74) is 3.17. The molecule has 0 spiro atoms. The Kier molecular flexibility index (Phi) is 3.54. The Morgan fingerprint density at radius 1 is 1.39 bits per heavy atom. The predicted octanol–water partition coefficient (Wildman–Crippen LogP) is 0.748. The topological polar surface area (TPSA) is 89.0 Å². The fraction of sp³-hybridized carbons (Fsp3) is 0.182. The number of rotatable bonds is 2. The van der Waals surface area contributed by atoms with Crippen LogP contribution < -0.4 is 10.8 Å². The van der Waals surface area contributed by atoms with E-state index in [9.17, 15) is 9.59 Å². The van der Waals surface area contributed by atoms with Gasteiger partial charge in [-0.15, -0.1) is 0 Å². The summed E-state index contributed by atoms with van der Waals surface area (Å²) in [6, 6.07) is 6.01. The molecule has 0 saturated carbocycles. The minimum absolute atomic E-state index is 0.157. The number of hydrogen-bond donors (Lipinski definition) is 2. The Hall–Kier alpha value is -2.41. The molecule has 18 heavy (non-hydrogen) atoms. The van der Waals surface area contributed by atoms with Crippen LogP contribution in [-0.2, 0) is 9.57 Å². The van der Waals surface area contributed by atoms with Crippen LogP contribution in [0.15, 0.2) is 29.3 Å². The number of hydroxylamine groups is 1. The molecule has 1 aromatic rings. The largest absolute Gasteiger partial charge is 0.465 e. The first-order valence-electron chi connectivity index (χ1n) is 5.14. The quantitative estimate of drug-likeness (QED) is 0.757. The van der Waals surface area contributed by atoms with Crippen LogP contribution >= 0.6 is 0 Å². The third-order valence-electron chi connectivity index (χ3n) is 2.18. The number of carbonyl (C=O) groups is 2. The van der Waals surface area contributed by atoms with Crippen molar-refractivity contribution in [1.82, 2.24) is 10.8 Å². The molecule has 1 aromatic carbocycles. The number of hydrogen-bond acceptors (Lipinski definition) is 5. The van der Waals surface area contributed by atoms with Gasteiger partial charge in [0.05, 0.1) is 18.4 Å². The van der Waals surface area contributed by atoms with Gasteiger partial charge in [-0.05, 0) is 24.3 Å². The maximum absolute atomic E-state index is 11.2. The van der Waals surface area contributed by atoms with E-state index >= 15 is 0 Å². The number of carbonyl (C=O) groups excluding carboxylic acids is 2. The third kappa shape index (κ3) is 2.83. The fourth-order valence-electron chi connectivity index (χ4n) is 1.37. The van der Waals surface area contributed by atoms with E-state index in [0.717, 1.165) is 0 Å². The van der Waals surface area contributed by atoms with Gasteiger partial charge >= 0.3 is 12.0 Å². The van der Waals surface area contributed by atoms with Crippen molar-refractivity contribution in [1.29, 1.82) is 0 Å². The van der Waals surface area contributed by atoms with Crippen molar-refractivity contribution >= 4 is 23.5 Å². The van der Waals surface area contributed by atoms with Crippen LogP contribution in [0.3, 0.4) is 0 Å². The molecule has 2 N–H and O–H groups in total. The van der Waals surface area contributed by atoms with Crippen molar-refractivity contribution in [3.8, 4) is 0 Å². The molecule has 94 valence electrons. The number of urea groups is 1. The lowest BCUT2D eigenvalue weighted by Gasteiger charge is -2.15. The first-order valence-corrected chi connectivity index (χ1v) is 5.14. The van der Waals surface area contributed by atoms with Gasteiger partial charge < -0.3 is 4.74 Å². The number of nitrogens with zero attached hydrogens (tertiary/aromatic N) is 1. The molecule has 7 nitrogen and oxygen atoms in total. The van der Waals surface area contributed by atoms with E-state index in [1.54, 1.807) is 24.3 Å². The molecule has 1 fully saturated rings. The van der Waals surface area contributed by atoms with E-state index in [0.29, 0.717) is 17.1 Å². The summed E-state index contributed by atoms with van der Waals surface area (Å²) in [5.74, 6) is -0.0164. The highest BCUT2D eigenvalue weighted by Crippen LogP contribution is 2.14. The van der Waals surface area contributed by atoms with E-state index in [1.807, 2.05) is 0 Å². The van der Waals surface area contributed by atoms with E-state index in [1.165, 1.54) is 7.11 Å². The standard InChI is InChI=1S/C11H11N3O4/c1-17-10(15)7-2-4-8(5-3-7)12-9-6-18-14-11(16)13-9/h2-5H,6H2,1H3,(H2,12,13,14,16). The number of benzene rings is 1. The normalized spacial score (nSPS) is 16.9. The second kappa shape index (κ2) is 5.28. The number of nitrogens with one attached hydrogen (secondary N) is 2. The molecule has 0 unspecified atom stereocenters. The smallest absolute Gasteiger partial charge is 0.344 e. The summed E-state index contributed by atoms with van der Waals surface area (Å²) < 4.78 is 4.58. The Bertz CT molecular complexity index is 496. The molecular formula is C11H11N3O4. The Morgan fingerprint density at radius 3 is 2.72 bits per heavy atom. The van der Waals surface area contributed by atoms with Crippen LogP contribution in [0.5, 0.6) is 0 Å². The molecule has 0 radical (unpaired) electrons. The van der Waals surface area contributed by atoms with Crippen LogP contribution in [0, 0.1) is 0 Å². The maximum Gasteiger partial charge on any atom is 0.344 e. The summed E-state index contributed by atoms with van der Waals surface area (Å²) in [5, 5.41) is 2.50. The van der Waals surface area contributed by atoms with Crippen LogP contribution in [-0.4, -0.2) is 31.6 Å². The molecule has 0 bridgehead atoms. The molecule has 1 aliphatic rings. The Labute approximate surface area is 103 Å². The van der Waals surface area contributed by atoms with Crippen molar-refractivity contribution in [2.24, 2.45) is 4.99 Å². The van der Waals surface area contributed by atoms with Gasteiger partial charge in [-0.3, -0.25) is 10.2 Å². The second-order valence-electron chi connectivity index (χ2n) is 3.44. The lowest BCUT2D eigenvalue weighted by molar-refractivity contribution is 0.0600. The van der Waals surface area contributed by atoms with E-state index in [-0.39, 0.29) is 6.61 Å². The molecule has 2 rings (SSSR count). The monoisotopic (exact) mass is 249 g/mol. The highest BCUT2D eigenvalue weighted by atomic mass is 16.7. The van der Waals surface area contributed by atoms with E-state index < -0.39 is 12.0 Å². The lowest BCUT2D eigenvalue weighted by atomic mass is 10.2. The van der Waals surface area contributed by atoms with Crippen LogP contribution in [0.4, 0.5) is 10.5 Å². The van der Waals surface area contributed by atoms with Gasteiger partial charge in [-0.25, -0.2) is 20.1 Å². The average molecular weight is 249 g/mol. The second-order valence-corrected chi connectivity index (χ2v) is 3.44. The van der Waals surface area contributed by atoms with E-state index in [2.05, 4.69) is 20.5 Å². The number of amides is 2. The molecule has 0 aliphatic carbocycles. The molecule has 2 amide bonds. The van der Waals surface area contributed by atoms with Gasteiger partial charge in [-0.1, -0.05) is 0 Å². The van der Waals surface area contributed by atoms with Crippen molar-refractivity contribution in [3.63, 3.8) is 0 Å². The average Bonchev–Trinajstić information content (AvgIpc) is 2.39. The van der Waals surface area contributed by atoms with Crippen LogP contribution in [0.25, 0.3) is 0 Å². The minimum atomic E-state index is -0.466. The number of aliphatic imine (C=N–C) groups is 1. The highest BCUT2D eigenvalue weighted by Gasteiger charge is 2.12. The zero-order valence-electron chi connectivity index (χ0n) is 9.60. The van der Waals surface area contributed by atoms with Gasteiger partial charge in [-0.2, -0.15) is 0 Å². The number of ether oxygens (including phenoxy) is 1. The van der Waals surface area contributed by atoms with Crippen LogP contribution in [0.1, 0.15) is 10.4 Å². The molecule has 0 atom stereocenters. The van der Waals surface area contributed by atoms with Crippen molar-refractivity contribution in [2.45, 2.75) is 0 Å². The van der Waals surface area contributed by atoms with Crippen molar-refractivity contribution in [3.05, 3.63) is 29.8 Å². The van der Waals surface area contributed by atoms with Gasteiger partial charge in [0.2, 0.25) is 0 Å². The van der Waals surface area contributed by atoms with Gasteiger partial charge in [0.25, 0.3) is 0 Å². The number of amidine groups is 1. The summed E-state index contributed by atoms with van der Waals surface area (Å²) in [7, 11) is 1.32. The summed E-state index contributed by atoms with van der Waals surface area (Å²) in [4.78, 5) is 31.1. The molecule has 1 heterocycles. The predicted molar refractivity (Wildman–Crippen MR) is 62.5 cm³/mol. The molecule has 7 heteroatoms. The maximum atomic E-state index is 11.2. The molecule has 0 aromatic heterocycles. The fourth-order valence-corrected chi connectivity index (χ4v) is 1.37. The number of esters is 1.